The van der Waals surface area contributed by atoms with Gasteiger partial charge in [0.05, 0.1) is 6.61 Å². The number of aromatic hydroxyl groups is 1. The van der Waals surface area contributed by atoms with Gasteiger partial charge < -0.3 is 9.84 Å². The number of hydrogen-bond acceptors (Lipinski definition) is 3. The second-order valence-corrected chi connectivity index (χ2v) is 3.95. The van der Waals surface area contributed by atoms with Gasteiger partial charge in [0.2, 0.25) is 0 Å². The molecule has 1 N–H and O–H groups in total. The third-order valence-corrected chi connectivity index (χ3v) is 2.56. The Kier molecular flexibility index (Phi) is 4.35. The molecule has 88 valence electrons. The van der Waals surface area contributed by atoms with Crippen LogP contribution in [0.2, 0.25) is 0 Å². The summed E-state index contributed by atoms with van der Waals surface area (Å²) in [5, 5.41) is 9.52. The van der Waals surface area contributed by atoms with Crippen LogP contribution in [-0.4, -0.2) is 17.5 Å². The minimum atomic E-state index is -0.000908. The Hall–Kier alpha value is -1.51. The lowest BCUT2D eigenvalue weighted by Gasteiger charge is -2.10. The van der Waals surface area contributed by atoms with Crippen molar-refractivity contribution in [3.63, 3.8) is 0 Å². The molecule has 16 heavy (non-hydrogen) atoms. The highest BCUT2D eigenvalue weighted by Gasteiger charge is 2.10. The fourth-order valence-electron chi connectivity index (χ4n) is 1.45. The molecule has 1 aromatic carbocycles. The van der Waals surface area contributed by atoms with Crippen molar-refractivity contribution < 1.29 is 14.6 Å². The van der Waals surface area contributed by atoms with E-state index in [2.05, 4.69) is 0 Å². The smallest absolute Gasteiger partial charge is 0.161 e. The average Bonchev–Trinajstić information content (AvgIpc) is 2.23. The molecule has 0 aliphatic carbocycles. The molecule has 0 saturated carbocycles. The Bertz CT molecular complexity index is 371. The highest BCUT2D eigenvalue weighted by molar-refractivity contribution is 5.78. The normalized spacial score (nSPS) is 12.2. The first-order valence-corrected chi connectivity index (χ1v) is 5.49. The molecule has 1 atom stereocenters. The van der Waals surface area contributed by atoms with E-state index < -0.39 is 0 Å². The molecule has 3 nitrogen and oxygen atoms in total. The van der Waals surface area contributed by atoms with Crippen molar-refractivity contribution >= 4 is 5.78 Å². The first kappa shape index (κ1) is 12.6. The van der Waals surface area contributed by atoms with E-state index in [9.17, 15) is 9.90 Å². The zero-order chi connectivity index (χ0) is 12.1. The zero-order valence-corrected chi connectivity index (χ0v) is 9.99. The molecule has 0 bridgehead atoms. The van der Waals surface area contributed by atoms with E-state index in [1.54, 1.807) is 19.1 Å². The van der Waals surface area contributed by atoms with Gasteiger partial charge in [0.25, 0.3) is 0 Å². The summed E-state index contributed by atoms with van der Waals surface area (Å²) in [6.07, 6.45) is 0.676. The average molecular weight is 222 g/mol. The molecule has 0 radical (unpaired) electrons. The van der Waals surface area contributed by atoms with Crippen LogP contribution in [0.4, 0.5) is 0 Å². The van der Waals surface area contributed by atoms with Crippen LogP contribution in [0.25, 0.3) is 0 Å². The number of carbonyl (C=O) groups is 1. The van der Waals surface area contributed by atoms with E-state index in [-0.39, 0.29) is 17.5 Å². The number of ketones is 1. The number of phenolic OH excluding ortho intramolecular Hbond substituents is 1. The summed E-state index contributed by atoms with van der Waals surface area (Å²) in [4.78, 5) is 11.1. The number of benzene rings is 1. The maximum atomic E-state index is 11.1. The molecule has 0 aromatic heterocycles. The van der Waals surface area contributed by atoms with Crippen molar-refractivity contribution in [1.29, 1.82) is 0 Å². The molecule has 1 unspecified atom stereocenters. The van der Waals surface area contributed by atoms with Crippen LogP contribution in [0.3, 0.4) is 0 Å². The summed E-state index contributed by atoms with van der Waals surface area (Å²) < 4.78 is 5.28. The molecule has 0 aliphatic heterocycles. The highest BCUT2D eigenvalue weighted by Crippen LogP contribution is 2.27. The van der Waals surface area contributed by atoms with Crippen molar-refractivity contribution in [2.75, 3.05) is 6.61 Å². The topological polar surface area (TPSA) is 46.5 Å². The maximum absolute atomic E-state index is 11.1. The summed E-state index contributed by atoms with van der Waals surface area (Å²) in [5.41, 5.74) is 1.00. The van der Waals surface area contributed by atoms with Gasteiger partial charge in [-0.05, 0) is 38.0 Å². The molecule has 0 heterocycles. The molecule has 0 amide bonds. The van der Waals surface area contributed by atoms with E-state index in [0.717, 1.165) is 5.56 Å². The van der Waals surface area contributed by atoms with Crippen molar-refractivity contribution in [1.82, 2.24) is 0 Å². The van der Waals surface area contributed by atoms with Crippen LogP contribution < -0.4 is 4.74 Å². The SMILES string of the molecule is CCOc1cc(CC(C)C(C)=O)ccc1O. The third kappa shape index (κ3) is 3.26. The quantitative estimate of drug-likeness (QED) is 0.832. The second kappa shape index (κ2) is 5.54. The number of phenols is 1. The van der Waals surface area contributed by atoms with Crippen LogP contribution in [0.5, 0.6) is 11.5 Å². The standard InChI is InChI=1S/C13H18O3/c1-4-16-13-8-11(5-6-12(13)15)7-9(2)10(3)14/h5-6,8-9,15H,4,7H2,1-3H3. The predicted octanol–water partition coefficient (Wildman–Crippen LogP) is 2.56. The summed E-state index contributed by atoms with van der Waals surface area (Å²) >= 11 is 0. The first-order chi connectivity index (χ1) is 7.54. The van der Waals surface area contributed by atoms with Gasteiger partial charge in [-0.25, -0.2) is 0 Å². The Labute approximate surface area is 96.1 Å². The second-order valence-electron chi connectivity index (χ2n) is 3.95. The number of carbonyl (C=O) groups excluding carboxylic acids is 1. The van der Waals surface area contributed by atoms with E-state index in [4.69, 9.17) is 4.74 Å². The third-order valence-electron chi connectivity index (χ3n) is 2.56. The van der Waals surface area contributed by atoms with Gasteiger partial charge in [0, 0.05) is 5.92 Å². The summed E-state index contributed by atoms with van der Waals surface area (Å²) in [6, 6.07) is 5.21. The van der Waals surface area contributed by atoms with Gasteiger partial charge >= 0.3 is 0 Å². The van der Waals surface area contributed by atoms with Gasteiger partial charge in [-0.1, -0.05) is 13.0 Å². The molecule has 1 aromatic rings. The summed E-state index contributed by atoms with van der Waals surface area (Å²) in [7, 11) is 0. The van der Waals surface area contributed by atoms with Gasteiger partial charge in [0.15, 0.2) is 11.5 Å². The summed E-state index contributed by atoms with van der Waals surface area (Å²) in [6.45, 7) is 5.87. The van der Waals surface area contributed by atoms with Crippen LogP contribution >= 0.6 is 0 Å². The van der Waals surface area contributed by atoms with E-state index in [1.165, 1.54) is 0 Å². The molecule has 0 fully saturated rings. The number of hydrogen-bond donors (Lipinski definition) is 1. The van der Waals surface area contributed by atoms with Crippen LogP contribution in [0, 0.1) is 5.92 Å². The fourth-order valence-corrected chi connectivity index (χ4v) is 1.45. The Morgan fingerprint density at radius 3 is 2.75 bits per heavy atom. The van der Waals surface area contributed by atoms with Gasteiger partial charge in [-0.3, -0.25) is 4.79 Å². The van der Waals surface area contributed by atoms with Crippen molar-refractivity contribution in [3.8, 4) is 11.5 Å². The van der Waals surface area contributed by atoms with E-state index >= 15 is 0 Å². The van der Waals surface area contributed by atoms with Crippen LogP contribution in [0.15, 0.2) is 18.2 Å². The molecule has 3 heteroatoms. The molecule has 0 spiro atoms. The Morgan fingerprint density at radius 2 is 2.19 bits per heavy atom. The molecular formula is C13H18O3. The lowest BCUT2D eigenvalue weighted by atomic mass is 9.98. The lowest BCUT2D eigenvalue weighted by Crippen LogP contribution is -2.09. The van der Waals surface area contributed by atoms with Gasteiger partial charge in [-0.15, -0.1) is 0 Å². The Balaban J connectivity index is 2.82. The lowest BCUT2D eigenvalue weighted by molar-refractivity contribution is -0.120. The van der Waals surface area contributed by atoms with E-state index in [0.29, 0.717) is 18.8 Å². The maximum Gasteiger partial charge on any atom is 0.161 e. The molecular weight excluding hydrogens is 204 g/mol. The Morgan fingerprint density at radius 1 is 1.50 bits per heavy atom. The first-order valence-electron chi connectivity index (χ1n) is 5.49. The number of rotatable bonds is 5. The zero-order valence-electron chi connectivity index (χ0n) is 9.99. The largest absolute Gasteiger partial charge is 0.504 e. The summed E-state index contributed by atoms with van der Waals surface area (Å²) in [5.74, 6) is 0.793. The predicted molar refractivity (Wildman–Crippen MR) is 62.8 cm³/mol. The van der Waals surface area contributed by atoms with E-state index in [1.807, 2.05) is 19.9 Å². The monoisotopic (exact) mass is 222 g/mol. The molecule has 0 aliphatic rings. The highest BCUT2D eigenvalue weighted by atomic mass is 16.5. The van der Waals surface area contributed by atoms with Crippen molar-refractivity contribution in [2.45, 2.75) is 27.2 Å². The number of ether oxygens (including phenoxy) is 1. The van der Waals surface area contributed by atoms with Crippen molar-refractivity contribution in [3.05, 3.63) is 23.8 Å². The van der Waals surface area contributed by atoms with Crippen molar-refractivity contribution in [2.24, 2.45) is 5.92 Å². The minimum Gasteiger partial charge on any atom is -0.504 e. The van der Waals surface area contributed by atoms with Gasteiger partial charge in [-0.2, -0.15) is 0 Å². The fraction of sp³-hybridized carbons (Fsp3) is 0.462. The van der Waals surface area contributed by atoms with Crippen LogP contribution in [-0.2, 0) is 11.2 Å². The molecule has 1 rings (SSSR count). The minimum absolute atomic E-state index is 0.000908. The van der Waals surface area contributed by atoms with Crippen LogP contribution in [0.1, 0.15) is 26.3 Å². The molecule has 0 saturated heterocycles. The number of Topliss-reactive ketones (excluding diaryl/α,β-unsaturated/α-hetero) is 1. The van der Waals surface area contributed by atoms with Gasteiger partial charge in [0.1, 0.15) is 5.78 Å².